The largest absolute Gasteiger partial charge is 0.457 e. The van der Waals surface area contributed by atoms with Crippen LogP contribution in [0.2, 0.25) is 0 Å². The number of allylic oxidation sites excluding steroid dienone is 5. The molecule has 156 valence electrons. The Kier molecular flexibility index (Phi) is 4.73. The Hall–Kier alpha value is -2.01. The molecule has 7 atom stereocenters. The number of carbonyl (C=O) groups excluding carboxylic acids is 3. The molecule has 5 heteroatoms. The molecule has 29 heavy (non-hydrogen) atoms. The van der Waals surface area contributed by atoms with Crippen LogP contribution in [0.4, 0.5) is 0 Å². The van der Waals surface area contributed by atoms with E-state index in [1.165, 1.54) is 6.92 Å². The van der Waals surface area contributed by atoms with Crippen molar-refractivity contribution in [1.29, 1.82) is 0 Å². The van der Waals surface area contributed by atoms with Crippen molar-refractivity contribution in [3.8, 4) is 0 Å². The average molecular weight is 398 g/mol. The molecule has 2 saturated carbocycles. The van der Waals surface area contributed by atoms with Crippen molar-refractivity contribution in [2.75, 3.05) is 6.61 Å². The molecular formula is C24H30O5. The lowest BCUT2D eigenvalue weighted by Crippen LogP contribution is -2.57. The maximum Gasteiger partial charge on any atom is 0.303 e. The van der Waals surface area contributed by atoms with Gasteiger partial charge in [-0.2, -0.15) is 0 Å². The second-order valence-electron chi connectivity index (χ2n) is 9.80. The van der Waals surface area contributed by atoms with Gasteiger partial charge in [-0.05, 0) is 49.2 Å². The van der Waals surface area contributed by atoms with Gasteiger partial charge in [0.2, 0.25) is 0 Å². The van der Waals surface area contributed by atoms with Crippen LogP contribution in [0.5, 0.6) is 0 Å². The van der Waals surface area contributed by atoms with Crippen molar-refractivity contribution in [2.45, 2.75) is 53.1 Å². The molecule has 0 unspecified atom stereocenters. The molecule has 0 bridgehead atoms. The lowest BCUT2D eigenvalue weighted by atomic mass is 9.45. The van der Waals surface area contributed by atoms with E-state index in [9.17, 15) is 19.5 Å². The fourth-order valence-electron chi connectivity index (χ4n) is 7.00. The molecule has 0 spiro atoms. The minimum Gasteiger partial charge on any atom is -0.457 e. The smallest absolute Gasteiger partial charge is 0.303 e. The number of Topliss-reactive ketones (excluding diaryl/α,β-unsaturated/α-hetero) is 1. The normalized spacial score (nSPS) is 42.9. The molecule has 0 radical (unpaired) electrons. The highest BCUT2D eigenvalue weighted by Gasteiger charge is 2.61. The predicted octanol–water partition coefficient (Wildman–Crippen LogP) is 3.18. The minimum absolute atomic E-state index is 0.0267. The molecular weight excluding hydrogens is 368 g/mol. The van der Waals surface area contributed by atoms with E-state index in [2.05, 4.69) is 20.8 Å². The van der Waals surface area contributed by atoms with E-state index in [0.717, 1.165) is 18.4 Å². The number of carbonyl (C=O) groups is 3. The number of hydrogen-bond acceptors (Lipinski definition) is 5. The summed E-state index contributed by atoms with van der Waals surface area (Å²) in [5.74, 6) is 0.213. The van der Waals surface area contributed by atoms with Crippen LogP contribution in [-0.2, 0) is 19.1 Å². The summed E-state index contributed by atoms with van der Waals surface area (Å²) in [6.07, 6.45) is 9.06. The third kappa shape index (κ3) is 2.97. The molecule has 0 heterocycles. The van der Waals surface area contributed by atoms with Gasteiger partial charge in [-0.25, -0.2) is 0 Å². The van der Waals surface area contributed by atoms with Crippen molar-refractivity contribution in [1.82, 2.24) is 0 Å². The summed E-state index contributed by atoms with van der Waals surface area (Å²) in [5.41, 5.74) is 1.09. The van der Waals surface area contributed by atoms with Gasteiger partial charge in [0.25, 0.3) is 0 Å². The van der Waals surface area contributed by atoms with E-state index in [-0.39, 0.29) is 47.3 Å². The zero-order valence-corrected chi connectivity index (χ0v) is 17.6. The van der Waals surface area contributed by atoms with Crippen LogP contribution in [0.15, 0.2) is 35.5 Å². The second-order valence-corrected chi connectivity index (χ2v) is 9.80. The Morgan fingerprint density at radius 1 is 1.31 bits per heavy atom. The van der Waals surface area contributed by atoms with Gasteiger partial charge in [-0.15, -0.1) is 0 Å². The van der Waals surface area contributed by atoms with Gasteiger partial charge in [-0.3, -0.25) is 14.4 Å². The van der Waals surface area contributed by atoms with Crippen LogP contribution in [0.3, 0.4) is 0 Å². The highest BCUT2D eigenvalue weighted by Crippen LogP contribution is 2.65. The first kappa shape index (κ1) is 20.3. The molecule has 1 N–H and O–H groups in total. The van der Waals surface area contributed by atoms with Crippen LogP contribution in [-0.4, -0.2) is 35.4 Å². The molecule has 5 nitrogen and oxygen atoms in total. The average Bonchev–Trinajstić information content (AvgIpc) is 2.97. The van der Waals surface area contributed by atoms with Crippen molar-refractivity contribution in [3.63, 3.8) is 0 Å². The molecule has 0 amide bonds. The number of ketones is 2. The summed E-state index contributed by atoms with van der Waals surface area (Å²) in [6.45, 7) is 7.46. The van der Waals surface area contributed by atoms with Crippen LogP contribution >= 0.6 is 0 Å². The summed E-state index contributed by atoms with van der Waals surface area (Å²) in [6, 6.07) is 0. The van der Waals surface area contributed by atoms with E-state index in [4.69, 9.17) is 4.74 Å². The van der Waals surface area contributed by atoms with E-state index in [1.807, 2.05) is 12.2 Å². The van der Waals surface area contributed by atoms with Crippen molar-refractivity contribution < 1.29 is 24.2 Å². The Labute approximate surface area is 171 Å². The number of rotatable bonds is 3. The predicted molar refractivity (Wildman–Crippen MR) is 108 cm³/mol. The summed E-state index contributed by atoms with van der Waals surface area (Å²) in [5, 5.41) is 11.3. The monoisotopic (exact) mass is 398 g/mol. The SMILES string of the molecule is CC(=O)OCC(=O)C1=CC[C@@H]2[C@@H]3C[C@H](C)C4=CC(=O)C=C[C@]4(C)[C@@H]3[C@@H](O)C[C@]12C. The van der Waals surface area contributed by atoms with Crippen LogP contribution in [0.1, 0.15) is 47.0 Å². The summed E-state index contributed by atoms with van der Waals surface area (Å²) >= 11 is 0. The number of ether oxygens (including phenoxy) is 1. The lowest BCUT2D eigenvalue weighted by molar-refractivity contribution is -0.145. The Morgan fingerprint density at radius 3 is 2.72 bits per heavy atom. The number of hydrogen-bond donors (Lipinski definition) is 1. The van der Waals surface area contributed by atoms with Gasteiger partial charge in [0.1, 0.15) is 0 Å². The van der Waals surface area contributed by atoms with Crippen LogP contribution in [0, 0.1) is 34.5 Å². The van der Waals surface area contributed by atoms with E-state index in [1.54, 1.807) is 12.2 Å². The Bertz CT molecular complexity index is 864. The molecule has 0 aliphatic heterocycles. The third-order valence-corrected chi connectivity index (χ3v) is 8.10. The first-order valence-corrected chi connectivity index (χ1v) is 10.6. The summed E-state index contributed by atoms with van der Waals surface area (Å²) in [7, 11) is 0. The zero-order chi connectivity index (χ0) is 21.1. The molecule has 4 rings (SSSR count). The fraction of sp³-hybridized carbons (Fsp3) is 0.625. The van der Waals surface area contributed by atoms with E-state index in [0.29, 0.717) is 12.0 Å². The minimum atomic E-state index is -0.567. The van der Waals surface area contributed by atoms with Crippen molar-refractivity contribution in [2.24, 2.45) is 34.5 Å². The number of fused-ring (bicyclic) bond motifs is 5. The third-order valence-electron chi connectivity index (χ3n) is 8.10. The van der Waals surface area contributed by atoms with Gasteiger partial charge >= 0.3 is 5.97 Å². The maximum atomic E-state index is 12.8. The van der Waals surface area contributed by atoms with Gasteiger partial charge in [0.05, 0.1) is 6.10 Å². The molecule has 0 aromatic carbocycles. The van der Waals surface area contributed by atoms with Crippen LogP contribution < -0.4 is 0 Å². The van der Waals surface area contributed by atoms with Crippen molar-refractivity contribution >= 4 is 17.5 Å². The molecule has 0 aromatic heterocycles. The topological polar surface area (TPSA) is 80.7 Å². The van der Waals surface area contributed by atoms with Gasteiger partial charge in [-0.1, -0.05) is 38.5 Å². The van der Waals surface area contributed by atoms with Crippen LogP contribution in [0.25, 0.3) is 0 Å². The summed E-state index contributed by atoms with van der Waals surface area (Å²) < 4.78 is 4.95. The fourth-order valence-corrected chi connectivity index (χ4v) is 7.00. The zero-order valence-electron chi connectivity index (χ0n) is 17.6. The first-order valence-electron chi connectivity index (χ1n) is 10.6. The van der Waals surface area contributed by atoms with Crippen molar-refractivity contribution in [3.05, 3.63) is 35.5 Å². The molecule has 4 aliphatic rings. The Balaban J connectivity index is 1.66. The number of aliphatic hydroxyl groups is 1. The lowest BCUT2D eigenvalue weighted by Gasteiger charge is -2.59. The standard InChI is InChI=1S/C24H30O5/c1-13-9-16-17-5-6-18(21(28)12-29-14(2)25)24(17,4)11-20(27)22(16)23(3)8-7-15(26)10-19(13)23/h6-8,10,13,16-17,20,22,27H,5,9,11-12H2,1-4H3/t13-,16-,17+,20-,22-,23-,24-/m0/s1. The van der Waals surface area contributed by atoms with E-state index >= 15 is 0 Å². The maximum absolute atomic E-state index is 12.8. The molecule has 0 saturated heterocycles. The Morgan fingerprint density at radius 2 is 2.03 bits per heavy atom. The number of aliphatic hydroxyl groups excluding tert-OH is 1. The molecule has 0 aromatic rings. The van der Waals surface area contributed by atoms with E-state index < -0.39 is 17.5 Å². The molecule has 2 fully saturated rings. The second kappa shape index (κ2) is 6.76. The highest BCUT2D eigenvalue weighted by atomic mass is 16.5. The summed E-state index contributed by atoms with van der Waals surface area (Å²) in [4.78, 5) is 35.9. The first-order chi connectivity index (χ1) is 13.6. The number of esters is 1. The van der Waals surface area contributed by atoms with Gasteiger partial charge < -0.3 is 9.84 Å². The molecule has 4 aliphatic carbocycles. The van der Waals surface area contributed by atoms with Gasteiger partial charge in [0, 0.05) is 29.2 Å². The quantitative estimate of drug-likeness (QED) is 0.739. The highest BCUT2D eigenvalue weighted by molar-refractivity contribution is 6.01. The van der Waals surface area contributed by atoms with Gasteiger partial charge in [0.15, 0.2) is 18.2 Å².